The Bertz CT molecular complexity index is 1670. The first-order chi connectivity index (χ1) is 18.3. The predicted molar refractivity (Wildman–Crippen MR) is 127 cm³/mol. The number of nitrogens with zero attached hydrogens (tertiary/aromatic N) is 7. The zero-order valence-corrected chi connectivity index (χ0v) is 20.3. The van der Waals surface area contributed by atoms with Crippen LogP contribution in [-0.2, 0) is 23.7 Å². The molecule has 1 atom stereocenters. The molecule has 1 aromatic carbocycles. The van der Waals surface area contributed by atoms with Crippen LogP contribution in [0.5, 0.6) is 0 Å². The maximum Gasteiger partial charge on any atom is 0.453 e. The van der Waals surface area contributed by atoms with Gasteiger partial charge in [0.15, 0.2) is 11.5 Å². The lowest BCUT2D eigenvalue weighted by atomic mass is 9.77. The molecule has 0 fully saturated rings. The molecule has 39 heavy (non-hydrogen) atoms. The third-order valence-electron chi connectivity index (χ3n) is 6.64. The molecule has 10 nitrogen and oxygen atoms in total. The van der Waals surface area contributed by atoms with Gasteiger partial charge in [0, 0.05) is 19.9 Å². The molecule has 1 amide bonds. The second-order valence-electron chi connectivity index (χ2n) is 9.12. The number of nitrogens with two attached hydrogens (primary N) is 1. The summed E-state index contributed by atoms with van der Waals surface area (Å²) in [7, 11) is 1.51. The molecule has 1 aliphatic heterocycles. The van der Waals surface area contributed by atoms with E-state index in [4.69, 9.17) is 11.0 Å². The van der Waals surface area contributed by atoms with E-state index in [1.54, 1.807) is 31.2 Å². The molecule has 3 aromatic heterocycles. The molecule has 5 rings (SSSR count). The van der Waals surface area contributed by atoms with E-state index in [1.807, 2.05) is 6.07 Å². The first-order valence-corrected chi connectivity index (χ1v) is 11.4. The average Bonchev–Trinajstić information content (AvgIpc) is 3.38. The topological polar surface area (TPSA) is 148 Å². The van der Waals surface area contributed by atoms with Crippen molar-refractivity contribution in [2.75, 3.05) is 11.1 Å². The van der Waals surface area contributed by atoms with E-state index in [9.17, 15) is 26.7 Å². The number of aromatic nitrogens is 6. The Balaban J connectivity index is 1.60. The first kappa shape index (κ1) is 25.9. The Morgan fingerprint density at radius 3 is 2.44 bits per heavy atom. The van der Waals surface area contributed by atoms with Gasteiger partial charge in [0.1, 0.15) is 28.6 Å². The van der Waals surface area contributed by atoms with Crippen LogP contribution in [0.4, 0.5) is 33.6 Å². The van der Waals surface area contributed by atoms with Crippen LogP contribution < -0.4 is 11.1 Å². The largest absolute Gasteiger partial charge is 0.453 e. The molecule has 1 aliphatic rings. The lowest BCUT2D eigenvalue weighted by molar-refractivity contribution is -0.284. The van der Waals surface area contributed by atoms with Gasteiger partial charge in [-0.2, -0.15) is 32.3 Å². The Morgan fingerprint density at radius 2 is 1.79 bits per heavy atom. The summed E-state index contributed by atoms with van der Waals surface area (Å²) in [4.78, 5) is 30.1. The number of fused-ring (bicyclic) bond motifs is 2. The number of hydrogen-bond acceptors (Lipinski definition) is 8. The van der Waals surface area contributed by atoms with Crippen molar-refractivity contribution in [3.05, 3.63) is 53.0 Å². The lowest BCUT2D eigenvalue weighted by Crippen LogP contribution is -2.36. The number of anilines is 2. The molecule has 3 N–H and O–H groups in total. The Kier molecular flexibility index (Phi) is 5.74. The van der Waals surface area contributed by atoms with Crippen molar-refractivity contribution < 1.29 is 26.7 Å². The number of benzene rings is 1. The molecule has 0 spiro atoms. The summed E-state index contributed by atoms with van der Waals surface area (Å²) in [5.74, 6) is -5.81. The van der Waals surface area contributed by atoms with Gasteiger partial charge in [0.05, 0.1) is 28.8 Å². The summed E-state index contributed by atoms with van der Waals surface area (Å²) in [5, 5.41) is 16.1. The highest BCUT2D eigenvalue weighted by Crippen LogP contribution is 2.45. The number of halogens is 5. The van der Waals surface area contributed by atoms with E-state index in [2.05, 4.69) is 30.4 Å². The molecule has 0 saturated heterocycles. The third-order valence-corrected chi connectivity index (χ3v) is 6.64. The Labute approximate surface area is 216 Å². The van der Waals surface area contributed by atoms with E-state index in [0.29, 0.717) is 16.5 Å². The molecule has 0 radical (unpaired) electrons. The van der Waals surface area contributed by atoms with E-state index in [1.165, 1.54) is 17.9 Å². The SMILES string of the molecule is Cn1ncc2c(-c3nc(N)c4c(n3)NC(=O)C4(C)c3ccc(C#N)cc3)nc(CCC(F)(F)C(F)(F)F)nc21. The van der Waals surface area contributed by atoms with Gasteiger partial charge in [-0.25, -0.2) is 19.9 Å². The van der Waals surface area contributed by atoms with Crippen molar-refractivity contribution in [3.63, 3.8) is 0 Å². The summed E-state index contributed by atoms with van der Waals surface area (Å²) in [6.45, 7) is 1.62. The average molecular weight is 543 g/mol. The third kappa shape index (κ3) is 4.08. The Morgan fingerprint density at radius 1 is 1.10 bits per heavy atom. The number of amides is 1. The fourth-order valence-electron chi connectivity index (χ4n) is 4.43. The Hall–Kier alpha value is -4.74. The number of alkyl halides is 5. The lowest BCUT2D eigenvalue weighted by Gasteiger charge is -2.23. The van der Waals surface area contributed by atoms with Gasteiger partial charge in [-0.15, -0.1) is 0 Å². The van der Waals surface area contributed by atoms with Crippen molar-refractivity contribution >= 4 is 28.6 Å². The van der Waals surface area contributed by atoms with Gasteiger partial charge in [-0.1, -0.05) is 12.1 Å². The highest BCUT2D eigenvalue weighted by Gasteiger charge is 2.56. The number of hydrogen-bond donors (Lipinski definition) is 2. The summed E-state index contributed by atoms with van der Waals surface area (Å²) in [6.07, 6.45) is -6.71. The molecule has 200 valence electrons. The molecule has 0 aliphatic carbocycles. The highest BCUT2D eigenvalue weighted by atomic mass is 19.4. The van der Waals surface area contributed by atoms with Crippen molar-refractivity contribution in [2.45, 2.75) is 37.3 Å². The minimum Gasteiger partial charge on any atom is -0.383 e. The summed E-state index contributed by atoms with van der Waals surface area (Å²) < 4.78 is 66.5. The first-order valence-electron chi connectivity index (χ1n) is 11.4. The van der Waals surface area contributed by atoms with E-state index in [0.717, 1.165) is 0 Å². The number of nitrogen functional groups attached to an aromatic ring is 1. The molecule has 15 heteroatoms. The smallest absolute Gasteiger partial charge is 0.383 e. The fourth-order valence-corrected chi connectivity index (χ4v) is 4.43. The van der Waals surface area contributed by atoms with Crippen LogP contribution >= 0.6 is 0 Å². The van der Waals surface area contributed by atoms with Gasteiger partial charge in [0.25, 0.3) is 0 Å². The number of nitrogens with one attached hydrogen (secondary N) is 1. The molecular formula is C24H18F5N9O. The monoisotopic (exact) mass is 543 g/mol. The van der Waals surface area contributed by atoms with Crippen molar-refractivity contribution in [3.8, 4) is 17.6 Å². The maximum absolute atomic E-state index is 13.6. The van der Waals surface area contributed by atoms with Crippen LogP contribution in [-0.4, -0.2) is 47.7 Å². The standard InChI is InChI=1S/C24H18F5N9O/c1-22(12-5-3-11(9-30)4-6-12)15-17(31)35-19(36-18(15)37-21(22)39)16-13-10-32-38(2)20(13)34-14(33-16)7-8-23(25,26)24(27,28)29/h3-6,10H,7-8H2,1-2H3,(H3,31,35,36,37,39). The minimum absolute atomic E-state index is 0.00542. The van der Waals surface area contributed by atoms with Crippen LogP contribution in [0, 0.1) is 11.3 Å². The molecule has 4 heterocycles. The van der Waals surface area contributed by atoms with Gasteiger partial charge >= 0.3 is 12.1 Å². The van der Waals surface area contributed by atoms with Gasteiger partial charge in [-0.05, 0) is 24.6 Å². The van der Waals surface area contributed by atoms with Gasteiger partial charge in [0.2, 0.25) is 5.91 Å². The molecule has 0 bridgehead atoms. The fraction of sp³-hybridized carbons (Fsp3) is 0.292. The van der Waals surface area contributed by atoms with Crippen molar-refractivity contribution in [2.24, 2.45) is 7.05 Å². The van der Waals surface area contributed by atoms with E-state index >= 15 is 0 Å². The van der Waals surface area contributed by atoms with Crippen LogP contribution in [0.15, 0.2) is 30.5 Å². The maximum atomic E-state index is 13.6. The van der Waals surface area contributed by atoms with E-state index < -0.39 is 36.3 Å². The van der Waals surface area contributed by atoms with Crippen LogP contribution in [0.3, 0.4) is 0 Å². The molecule has 0 saturated carbocycles. The van der Waals surface area contributed by atoms with Gasteiger partial charge in [-0.3, -0.25) is 9.48 Å². The van der Waals surface area contributed by atoms with Gasteiger partial charge < -0.3 is 11.1 Å². The zero-order valence-electron chi connectivity index (χ0n) is 20.3. The number of carbonyl (C=O) groups excluding carboxylic acids is 1. The van der Waals surface area contributed by atoms with E-state index in [-0.39, 0.29) is 40.2 Å². The second kappa shape index (κ2) is 8.65. The highest BCUT2D eigenvalue weighted by molar-refractivity contribution is 6.09. The number of rotatable bonds is 5. The van der Waals surface area contributed by atoms with Crippen molar-refractivity contribution in [1.82, 2.24) is 29.7 Å². The number of carbonyl (C=O) groups is 1. The predicted octanol–water partition coefficient (Wildman–Crippen LogP) is 3.66. The summed E-state index contributed by atoms with van der Waals surface area (Å²) in [6, 6.07) is 8.35. The molecule has 4 aromatic rings. The normalized spacial score (nSPS) is 17.2. The van der Waals surface area contributed by atoms with Crippen LogP contribution in [0.2, 0.25) is 0 Å². The minimum atomic E-state index is -5.72. The summed E-state index contributed by atoms with van der Waals surface area (Å²) >= 11 is 0. The second-order valence-corrected chi connectivity index (χ2v) is 9.12. The quantitative estimate of drug-likeness (QED) is 0.363. The molecule has 1 unspecified atom stereocenters. The van der Waals surface area contributed by atoms with Crippen LogP contribution in [0.1, 0.15) is 35.9 Å². The number of nitriles is 1. The van der Waals surface area contributed by atoms with Crippen LogP contribution in [0.25, 0.3) is 22.6 Å². The van der Waals surface area contributed by atoms with Crippen molar-refractivity contribution in [1.29, 1.82) is 5.26 Å². The molecular weight excluding hydrogens is 525 g/mol. The zero-order chi connectivity index (χ0) is 28.3. The number of aryl methyl sites for hydroxylation is 2. The summed E-state index contributed by atoms with van der Waals surface area (Å²) in [5.41, 5.74) is 6.37.